The summed E-state index contributed by atoms with van der Waals surface area (Å²) in [7, 11) is 0. The first-order chi connectivity index (χ1) is 20.3. The van der Waals surface area contributed by atoms with Crippen molar-refractivity contribution in [3.8, 4) is 0 Å². The van der Waals surface area contributed by atoms with Gasteiger partial charge in [0.15, 0.2) is 11.9 Å². The number of unbranched alkanes of at least 4 members (excludes halogenated alkanes) is 2. The molecule has 4 amide bonds. The minimum absolute atomic E-state index is 0.0259. The zero-order valence-electron chi connectivity index (χ0n) is 23.4. The van der Waals surface area contributed by atoms with Crippen LogP contribution in [0.2, 0.25) is 0 Å². The maximum Gasteiger partial charge on any atom is 0.333 e. The van der Waals surface area contributed by atoms with Gasteiger partial charge in [-0.05, 0) is 86.1 Å². The average Bonchev–Trinajstić information content (AvgIpc) is 2.89. The van der Waals surface area contributed by atoms with Gasteiger partial charge in [0.25, 0.3) is 0 Å². The van der Waals surface area contributed by atoms with Crippen molar-refractivity contribution in [1.82, 2.24) is 9.80 Å². The lowest BCUT2D eigenvalue weighted by Crippen LogP contribution is -2.66. The van der Waals surface area contributed by atoms with Crippen LogP contribution in [0.15, 0.2) is 64.3 Å². The molecule has 3 rings (SSSR count). The predicted molar refractivity (Wildman–Crippen MR) is 182 cm³/mol. The van der Waals surface area contributed by atoms with Crippen molar-refractivity contribution in [2.75, 3.05) is 26.2 Å². The Bertz CT molecular complexity index is 1270. The first kappa shape index (κ1) is 35.0. The van der Waals surface area contributed by atoms with E-state index < -0.39 is 23.3 Å². The zero-order chi connectivity index (χ0) is 31.7. The Balaban J connectivity index is 2.07. The standard InChI is InChI=1S/C28H34Br4N8O3/c29-19-9-17(10-20(30)13-19)15-28(16-18-11-21(31)14-22(32)12-18)23(41)39(7-3-1-5-37-25(33)34)27(43)40(24(28)42)8-4-2-6-38-26(35)36/h9-14H,1-8,15-16H2,(H4,33,34,37)(H4,35,36,38). The van der Waals surface area contributed by atoms with Crippen LogP contribution < -0.4 is 22.9 Å². The van der Waals surface area contributed by atoms with E-state index in [1.807, 2.05) is 36.4 Å². The van der Waals surface area contributed by atoms with E-state index >= 15 is 0 Å². The predicted octanol–water partition coefficient (Wildman–Crippen LogP) is 4.41. The van der Waals surface area contributed by atoms with Crippen molar-refractivity contribution in [1.29, 1.82) is 0 Å². The third-order valence-electron chi connectivity index (χ3n) is 6.80. The number of nitrogens with two attached hydrogens (primary N) is 4. The van der Waals surface area contributed by atoms with Crippen LogP contribution in [0.5, 0.6) is 0 Å². The number of urea groups is 1. The van der Waals surface area contributed by atoms with Crippen molar-refractivity contribution in [3.63, 3.8) is 0 Å². The maximum absolute atomic E-state index is 14.5. The smallest absolute Gasteiger partial charge is 0.333 e. The second kappa shape index (κ2) is 16.0. The second-order valence-corrected chi connectivity index (χ2v) is 13.9. The molecule has 1 fully saturated rings. The fourth-order valence-electron chi connectivity index (χ4n) is 4.99. The van der Waals surface area contributed by atoms with E-state index in [1.54, 1.807) is 0 Å². The fraction of sp³-hybridized carbons (Fsp3) is 0.393. The monoisotopic (exact) mass is 846 g/mol. The Labute approximate surface area is 284 Å². The number of barbiturate groups is 1. The van der Waals surface area contributed by atoms with Gasteiger partial charge in [-0.2, -0.15) is 0 Å². The quantitative estimate of drug-likeness (QED) is 0.0939. The van der Waals surface area contributed by atoms with Crippen molar-refractivity contribution in [2.45, 2.75) is 38.5 Å². The van der Waals surface area contributed by atoms with Gasteiger partial charge in [0.05, 0.1) is 0 Å². The Morgan fingerprint density at radius 2 is 0.953 bits per heavy atom. The third kappa shape index (κ3) is 9.75. The summed E-state index contributed by atoms with van der Waals surface area (Å²) in [5.74, 6) is -1.12. The van der Waals surface area contributed by atoms with Crippen LogP contribution in [0.1, 0.15) is 36.8 Å². The molecule has 11 nitrogen and oxygen atoms in total. The average molecular weight is 850 g/mol. The van der Waals surface area contributed by atoms with E-state index in [0.29, 0.717) is 38.8 Å². The summed E-state index contributed by atoms with van der Waals surface area (Å²) in [5, 5.41) is 0. The lowest BCUT2D eigenvalue weighted by atomic mass is 9.72. The van der Waals surface area contributed by atoms with Gasteiger partial charge in [-0.25, -0.2) is 4.79 Å². The van der Waals surface area contributed by atoms with Gasteiger partial charge in [-0.15, -0.1) is 0 Å². The molecular formula is C28H34Br4N8O3. The van der Waals surface area contributed by atoms with Crippen LogP contribution in [-0.4, -0.2) is 65.7 Å². The van der Waals surface area contributed by atoms with Gasteiger partial charge in [0.2, 0.25) is 11.8 Å². The van der Waals surface area contributed by atoms with Crippen molar-refractivity contribution in [3.05, 3.63) is 65.4 Å². The highest BCUT2D eigenvalue weighted by molar-refractivity contribution is 9.11. The summed E-state index contributed by atoms with van der Waals surface area (Å²) in [6, 6.07) is 10.6. The van der Waals surface area contributed by atoms with Gasteiger partial charge >= 0.3 is 6.03 Å². The number of aliphatic imine (C=N–C) groups is 2. The molecule has 1 aliphatic rings. The molecule has 1 heterocycles. The number of carbonyl (C=O) groups excluding carboxylic acids is 3. The summed E-state index contributed by atoms with van der Waals surface area (Å²) in [5.41, 5.74) is 21.7. The Hall–Kier alpha value is -2.49. The molecule has 0 atom stereocenters. The van der Waals surface area contributed by atoms with Crippen molar-refractivity contribution in [2.24, 2.45) is 38.3 Å². The lowest BCUT2D eigenvalue weighted by molar-refractivity contribution is -0.159. The molecule has 0 saturated carbocycles. The van der Waals surface area contributed by atoms with Crippen LogP contribution >= 0.6 is 63.7 Å². The summed E-state index contributed by atoms with van der Waals surface area (Å²) < 4.78 is 3.16. The Kier molecular flexibility index (Phi) is 13.0. The minimum atomic E-state index is -1.59. The van der Waals surface area contributed by atoms with Gasteiger partial charge in [-0.1, -0.05) is 63.7 Å². The molecule has 0 aromatic heterocycles. The molecule has 15 heteroatoms. The molecule has 1 aliphatic heterocycles. The number of halogens is 4. The number of hydrogen-bond acceptors (Lipinski definition) is 5. The maximum atomic E-state index is 14.5. The molecule has 0 bridgehead atoms. The molecule has 0 spiro atoms. The first-order valence-corrected chi connectivity index (χ1v) is 16.7. The molecule has 43 heavy (non-hydrogen) atoms. The molecule has 1 saturated heterocycles. The molecule has 8 N–H and O–H groups in total. The number of rotatable bonds is 14. The highest BCUT2D eigenvalue weighted by Gasteiger charge is 2.57. The van der Waals surface area contributed by atoms with Crippen LogP contribution in [0.25, 0.3) is 0 Å². The lowest BCUT2D eigenvalue weighted by Gasteiger charge is -2.44. The van der Waals surface area contributed by atoms with Crippen molar-refractivity contribution >= 4 is 93.5 Å². The fourth-order valence-corrected chi connectivity index (χ4v) is 7.77. The molecule has 0 unspecified atom stereocenters. The van der Waals surface area contributed by atoms with Crippen LogP contribution in [0.3, 0.4) is 0 Å². The van der Waals surface area contributed by atoms with E-state index in [-0.39, 0.29) is 37.9 Å². The topological polar surface area (TPSA) is 186 Å². The number of amides is 4. The van der Waals surface area contributed by atoms with E-state index in [2.05, 4.69) is 73.7 Å². The number of guanidine groups is 2. The second-order valence-electron chi connectivity index (χ2n) is 10.2. The molecule has 2 aromatic carbocycles. The highest BCUT2D eigenvalue weighted by atomic mass is 79.9. The molecular weight excluding hydrogens is 816 g/mol. The van der Waals surface area contributed by atoms with E-state index in [1.165, 1.54) is 9.80 Å². The summed E-state index contributed by atoms with van der Waals surface area (Å²) in [6.45, 7) is 0.938. The molecule has 232 valence electrons. The molecule has 2 aromatic rings. The third-order valence-corrected chi connectivity index (χ3v) is 8.63. The van der Waals surface area contributed by atoms with Crippen molar-refractivity contribution < 1.29 is 14.4 Å². The Morgan fingerprint density at radius 3 is 1.28 bits per heavy atom. The van der Waals surface area contributed by atoms with Crippen LogP contribution in [-0.2, 0) is 22.4 Å². The normalized spacial score (nSPS) is 14.7. The van der Waals surface area contributed by atoms with Crippen LogP contribution in [0.4, 0.5) is 4.79 Å². The zero-order valence-corrected chi connectivity index (χ0v) is 29.7. The summed E-state index contributed by atoms with van der Waals surface area (Å²) in [6.07, 6.45) is 2.17. The number of hydrogen-bond donors (Lipinski definition) is 4. The number of benzene rings is 2. The SMILES string of the molecule is NC(N)=NCCCCN1C(=O)N(CCCCN=C(N)N)C(=O)C(Cc2cc(Br)cc(Br)c2)(Cc2cc(Br)cc(Br)c2)C1=O. The molecule has 0 aliphatic carbocycles. The van der Waals surface area contributed by atoms with Gasteiger partial charge in [-0.3, -0.25) is 29.4 Å². The van der Waals surface area contributed by atoms with E-state index in [4.69, 9.17) is 22.9 Å². The summed E-state index contributed by atoms with van der Waals surface area (Å²) in [4.78, 5) is 53.1. The van der Waals surface area contributed by atoms with Gasteiger partial charge in [0.1, 0.15) is 5.41 Å². The summed E-state index contributed by atoms with van der Waals surface area (Å²) >= 11 is 14.1. The first-order valence-electron chi connectivity index (χ1n) is 13.5. The van der Waals surface area contributed by atoms with E-state index in [9.17, 15) is 14.4 Å². The number of imide groups is 2. The molecule has 0 radical (unpaired) electrons. The van der Waals surface area contributed by atoms with Crippen LogP contribution in [0, 0.1) is 5.41 Å². The minimum Gasteiger partial charge on any atom is -0.370 e. The van der Waals surface area contributed by atoms with Gasteiger partial charge in [0, 0.05) is 44.1 Å². The van der Waals surface area contributed by atoms with Gasteiger partial charge < -0.3 is 22.9 Å². The van der Waals surface area contributed by atoms with E-state index in [0.717, 1.165) is 29.0 Å². The number of carbonyl (C=O) groups is 3. The highest BCUT2D eigenvalue weighted by Crippen LogP contribution is 2.39. The Morgan fingerprint density at radius 1 is 0.605 bits per heavy atom. The number of nitrogens with zero attached hydrogens (tertiary/aromatic N) is 4. The largest absolute Gasteiger partial charge is 0.370 e.